The van der Waals surface area contributed by atoms with Gasteiger partial charge in [0.2, 0.25) is 5.91 Å². The average molecular weight is 235 g/mol. The second kappa shape index (κ2) is 5.55. The van der Waals surface area contributed by atoms with Gasteiger partial charge >= 0.3 is 0 Å². The van der Waals surface area contributed by atoms with Crippen LogP contribution in [0.4, 0.5) is 0 Å². The molecule has 0 bridgehead atoms. The molecule has 0 saturated carbocycles. The van der Waals surface area contributed by atoms with Crippen LogP contribution >= 0.6 is 0 Å². The van der Waals surface area contributed by atoms with Gasteiger partial charge in [-0.2, -0.15) is 0 Å². The van der Waals surface area contributed by atoms with E-state index in [1.165, 1.54) is 14.0 Å². The van der Waals surface area contributed by atoms with Crippen LogP contribution in [-0.2, 0) is 14.3 Å². The highest BCUT2D eigenvalue weighted by Crippen LogP contribution is 2.21. The van der Waals surface area contributed by atoms with Gasteiger partial charge in [0.15, 0.2) is 6.29 Å². The Hall–Kier alpha value is -0.730. The van der Waals surface area contributed by atoms with E-state index in [1.54, 1.807) is 0 Å². The standard InChI is InChI=1S/C9H17NO6/c1-4(12)10-6-7(13)5(3-11)16-9(15-2)8(6)14/h5-9,11,13-14H,3H2,1-2H3,(H,10,12)/t5?,6-,7+,8?,9-/m0/s1. The van der Waals surface area contributed by atoms with Gasteiger partial charge in [-0.3, -0.25) is 4.79 Å². The molecule has 0 radical (unpaired) electrons. The van der Waals surface area contributed by atoms with Crippen LogP contribution in [0.3, 0.4) is 0 Å². The summed E-state index contributed by atoms with van der Waals surface area (Å²) in [5.74, 6) is -0.392. The molecule has 0 spiro atoms. The number of amides is 1. The van der Waals surface area contributed by atoms with Crippen molar-refractivity contribution in [3.05, 3.63) is 0 Å². The number of rotatable bonds is 3. The SMILES string of the molecule is CO[C@H]1OC(CO)[C@@H](O)[C@H](NC(C)=O)C1O. The van der Waals surface area contributed by atoms with Gasteiger partial charge in [-0.25, -0.2) is 0 Å². The molecule has 0 aromatic rings. The number of carbonyl (C=O) groups excluding carboxylic acids is 1. The van der Waals surface area contributed by atoms with Crippen LogP contribution in [0.5, 0.6) is 0 Å². The maximum absolute atomic E-state index is 10.9. The first-order valence-electron chi connectivity index (χ1n) is 4.93. The molecule has 94 valence electrons. The van der Waals surface area contributed by atoms with Gasteiger partial charge < -0.3 is 30.1 Å². The first kappa shape index (κ1) is 13.3. The van der Waals surface area contributed by atoms with E-state index in [-0.39, 0.29) is 0 Å². The van der Waals surface area contributed by atoms with E-state index in [2.05, 4.69) is 5.32 Å². The summed E-state index contributed by atoms with van der Waals surface area (Å²) in [4.78, 5) is 10.9. The lowest BCUT2D eigenvalue weighted by Crippen LogP contribution is -2.64. The fourth-order valence-corrected chi connectivity index (χ4v) is 1.69. The Kier molecular flexibility index (Phi) is 4.63. The van der Waals surface area contributed by atoms with Crippen molar-refractivity contribution in [2.45, 2.75) is 37.6 Å². The van der Waals surface area contributed by atoms with E-state index in [4.69, 9.17) is 14.6 Å². The molecule has 1 rings (SSSR count). The number of ether oxygens (including phenoxy) is 2. The lowest BCUT2D eigenvalue weighted by Gasteiger charge is -2.41. The number of carbonyl (C=O) groups is 1. The summed E-state index contributed by atoms with van der Waals surface area (Å²) in [5.41, 5.74) is 0. The molecule has 1 aliphatic rings. The van der Waals surface area contributed by atoms with Crippen LogP contribution in [0.2, 0.25) is 0 Å². The first-order chi connectivity index (χ1) is 7.51. The van der Waals surface area contributed by atoms with Crippen LogP contribution in [0, 0.1) is 0 Å². The summed E-state index contributed by atoms with van der Waals surface area (Å²) < 4.78 is 9.95. The van der Waals surface area contributed by atoms with Crippen molar-refractivity contribution < 1.29 is 29.6 Å². The minimum Gasteiger partial charge on any atom is -0.394 e. The largest absolute Gasteiger partial charge is 0.394 e. The maximum Gasteiger partial charge on any atom is 0.217 e. The number of hydrogen-bond acceptors (Lipinski definition) is 6. The zero-order chi connectivity index (χ0) is 12.3. The Morgan fingerprint density at radius 1 is 1.44 bits per heavy atom. The average Bonchev–Trinajstić information content (AvgIpc) is 2.24. The molecular formula is C9H17NO6. The summed E-state index contributed by atoms with van der Waals surface area (Å²) in [5, 5.41) is 30.9. The lowest BCUT2D eigenvalue weighted by atomic mass is 9.96. The number of nitrogens with one attached hydrogen (secondary N) is 1. The Labute approximate surface area is 93.0 Å². The van der Waals surface area contributed by atoms with Crippen molar-refractivity contribution in [1.29, 1.82) is 0 Å². The number of methoxy groups -OCH3 is 1. The van der Waals surface area contributed by atoms with Crippen LogP contribution in [-0.4, -0.2) is 65.6 Å². The lowest BCUT2D eigenvalue weighted by molar-refractivity contribution is -0.271. The smallest absolute Gasteiger partial charge is 0.217 e. The molecule has 1 heterocycles. The van der Waals surface area contributed by atoms with Crippen LogP contribution < -0.4 is 5.32 Å². The van der Waals surface area contributed by atoms with Crippen LogP contribution in [0.15, 0.2) is 0 Å². The van der Waals surface area contributed by atoms with Gasteiger partial charge in [-0.1, -0.05) is 0 Å². The van der Waals surface area contributed by atoms with Crippen molar-refractivity contribution in [3.63, 3.8) is 0 Å². The molecule has 0 aromatic heterocycles. The fraction of sp³-hybridized carbons (Fsp3) is 0.889. The molecule has 16 heavy (non-hydrogen) atoms. The fourth-order valence-electron chi connectivity index (χ4n) is 1.69. The second-order valence-electron chi connectivity index (χ2n) is 3.67. The minimum atomic E-state index is -1.19. The third-order valence-corrected chi connectivity index (χ3v) is 2.49. The van der Waals surface area contributed by atoms with E-state index >= 15 is 0 Å². The zero-order valence-electron chi connectivity index (χ0n) is 9.16. The molecule has 1 aliphatic heterocycles. The maximum atomic E-state index is 10.9. The Morgan fingerprint density at radius 2 is 2.06 bits per heavy atom. The molecule has 5 atom stereocenters. The number of aliphatic hydroxyl groups is 3. The van der Waals surface area contributed by atoms with Gasteiger partial charge in [0.1, 0.15) is 18.3 Å². The monoisotopic (exact) mass is 235 g/mol. The molecule has 0 aliphatic carbocycles. The van der Waals surface area contributed by atoms with Crippen LogP contribution in [0.25, 0.3) is 0 Å². The van der Waals surface area contributed by atoms with Crippen molar-refractivity contribution in [2.24, 2.45) is 0 Å². The third-order valence-electron chi connectivity index (χ3n) is 2.49. The van der Waals surface area contributed by atoms with Crippen molar-refractivity contribution in [1.82, 2.24) is 5.32 Å². The molecule has 1 amide bonds. The van der Waals surface area contributed by atoms with Gasteiger partial charge in [-0.15, -0.1) is 0 Å². The quantitative estimate of drug-likeness (QED) is 0.433. The van der Waals surface area contributed by atoms with Crippen LogP contribution in [0.1, 0.15) is 6.92 Å². The van der Waals surface area contributed by atoms with Gasteiger partial charge in [0, 0.05) is 14.0 Å². The molecule has 2 unspecified atom stereocenters. The summed E-state index contributed by atoms with van der Waals surface area (Å²) in [6, 6.07) is -0.923. The molecule has 1 saturated heterocycles. The second-order valence-corrected chi connectivity index (χ2v) is 3.67. The Morgan fingerprint density at radius 3 is 2.50 bits per heavy atom. The summed E-state index contributed by atoms with van der Waals surface area (Å²) in [6.45, 7) is 0.842. The van der Waals surface area contributed by atoms with E-state index in [1.807, 2.05) is 0 Å². The third kappa shape index (κ3) is 2.69. The minimum absolute atomic E-state index is 0.392. The highest BCUT2D eigenvalue weighted by atomic mass is 16.7. The van der Waals surface area contributed by atoms with Crippen molar-refractivity contribution in [3.8, 4) is 0 Å². The molecule has 0 aromatic carbocycles. The zero-order valence-corrected chi connectivity index (χ0v) is 9.16. The van der Waals surface area contributed by atoms with Gasteiger partial charge in [0.25, 0.3) is 0 Å². The summed E-state index contributed by atoms with van der Waals surface area (Å²) in [7, 11) is 1.32. The van der Waals surface area contributed by atoms with Crippen molar-refractivity contribution in [2.75, 3.05) is 13.7 Å². The Balaban J connectivity index is 2.79. The predicted octanol–water partition coefficient (Wildman–Crippen LogP) is -2.42. The summed E-state index contributed by atoms with van der Waals surface area (Å²) in [6.07, 6.45) is -4.26. The number of hydrogen-bond donors (Lipinski definition) is 4. The Bertz CT molecular complexity index is 232. The van der Waals surface area contributed by atoms with E-state index in [0.29, 0.717) is 0 Å². The van der Waals surface area contributed by atoms with Crippen molar-refractivity contribution >= 4 is 5.91 Å². The topological polar surface area (TPSA) is 108 Å². The van der Waals surface area contributed by atoms with Gasteiger partial charge in [0.05, 0.1) is 12.6 Å². The molecule has 1 fully saturated rings. The molecular weight excluding hydrogens is 218 g/mol. The van der Waals surface area contributed by atoms with Gasteiger partial charge in [-0.05, 0) is 0 Å². The molecule has 7 nitrogen and oxygen atoms in total. The molecule has 4 N–H and O–H groups in total. The van der Waals surface area contributed by atoms with E-state index < -0.39 is 43.2 Å². The van der Waals surface area contributed by atoms with E-state index in [0.717, 1.165) is 0 Å². The van der Waals surface area contributed by atoms with E-state index in [9.17, 15) is 15.0 Å². The summed E-state index contributed by atoms with van der Waals surface area (Å²) >= 11 is 0. The first-order valence-corrected chi connectivity index (χ1v) is 4.93. The normalized spacial score (nSPS) is 39.4. The number of aliphatic hydroxyl groups excluding tert-OH is 3. The predicted molar refractivity (Wildman–Crippen MR) is 52.4 cm³/mol. The molecule has 7 heteroatoms. The highest BCUT2D eigenvalue weighted by molar-refractivity contribution is 5.73. The highest BCUT2D eigenvalue weighted by Gasteiger charge is 2.44.